The van der Waals surface area contributed by atoms with Crippen LogP contribution in [0.1, 0.15) is 29.7 Å². The van der Waals surface area contributed by atoms with Gasteiger partial charge in [-0.15, -0.1) is 0 Å². The molecule has 3 aromatic rings. The molecule has 0 aliphatic carbocycles. The first-order valence-electron chi connectivity index (χ1n) is 12.8. The summed E-state index contributed by atoms with van der Waals surface area (Å²) >= 11 is 0. The maximum Gasteiger partial charge on any atom is 0.360 e. The first-order chi connectivity index (χ1) is 20.6. The van der Waals surface area contributed by atoms with Crippen molar-refractivity contribution in [3.05, 3.63) is 42.7 Å². The number of aliphatic hydroxyl groups excluding tert-OH is 4. The van der Waals surface area contributed by atoms with Crippen molar-refractivity contribution in [2.75, 3.05) is 12.3 Å². The minimum Gasteiger partial charge on any atom is -0.756 e. The predicted molar refractivity (Wildman–Crippen MR) is 139 cm³/mol. The fraction of sp³-hybridized carbons (Fsp3) is 0.500. The minimum atomic E-state index is -5.82. The van der Waals surface area contributed by atoms with Crippen molar-refractivity contribution in [1.29, 1.82) is 0 Å². The van der Waals surface area contributed by atoms with Gasteiger partial charge in [-0.3, -0.25) is 23.0 Å². The van der Waals surface area contributed by atoms with E-state index >= 15 is 0 Å². The molecule has 8 N–H and O–H groups in total. The van der Waals surface area contributed by atoms with Crippen LogP contribution in [-0.4, -0.2) is 105 Å². The summed E-state index contributed by atoms with van der Waals surface area (Å²) in [4.78, 5) is 55.3. The van der Waals surface area contributed by atoms with Crippen molar-refractivity contribution in [3.63, 3.8) is 0 Å². The van der Waals surface area contributed by atoms with Crippen LogP contribution in [0.5, 0.6) is 0 Å². The second kappa shape index (κ2) is 12.2. The van der Waals surface area contributed by atoms with E-state index in [-0.39, 0.29) is 28.3 Å². The zero-order valence-electron chi connectivity index (χ0n) is 22.5. The number of carbonyl (C=O) groups excluding carboxylic acids is 1. The Balaban J connectivity index is 1.36. The smallest absolute Gasteiger partial charge is 0.360 e. The Morgan fingerprint density at radius 1 is 1.14 bits per heavy atom. The number of carbonyl (C=O) groups is 1. The molecule has 2 fully saturated rings. The average molecular weight is 662 g/mol. The SMILES string of the molecule is CC(=O)c1ccc[n+](C2OC(COP(=O)(O)C(OP(=O)([O-])O)C3OC(n4cnc5c(N)ncnc54)C(O)C3O)C(O)C2O)c1. The predicted octanol–water partition coefficient (Wildman–Crippen LogP) is -3.16. The molecule has 0 saturated carbocycles. The Morgan fingerprint density at radius 3 is 2.55 bits per heavy atom. The summed E-state index contributed by atoms with van der Waals surface area (Å²) in [6, 6.07) is 3.00. The molecule has 0 radical (unpaired) electrons. The highest BCUT2D eigenvalue weighted by molar-refractivity contribution is 7.54. The Kier molecular flexibility index (Phi) is 9.02. The average Bonchev–Trinajstić information content (AvgIpc) is 3.60. The standard InChI is InChI=1S/C22H28N6O14P2/c1-9(29)10-3-2-4-27(5-10)20-15(32)13(30)11(40-20)6-39-43(34,35)22(42-44(36,37)38)17-14(31)16(33)21(41-17)28-8-26-12-18(23)24-7-25-19(12)28/h2-5,7-8,11,13-17,20-22,30-33H,6H2,1H3,(H4-,23,24,25,34,35,36,37,38). The van der Waals surface area contributed by atoms with Crippen molar-refractivity contribution in [1.82, 2.24) is 19.5 Å². The number of aromatic nitrogens is 5. The Bertz CT molecular complexity index is 1640. The van der Waals surface area contributed by atoms with Gasteiger partial charge in [0.25, 0.3) is 14.1 Å². The summed E-state index contributed by atoms with van der Waals surface area (Å²) in [6.45, 7) is 0.372. The molecule has 2 aliphatic rings. The highest BCUT2D eigenvalue weighted by atomic mass is 31.2. The lowest BCUT2D eigenvalue weighted by molar-refractivity contribution is -0.765. The number of nitrogens with zero attached hydrogens (tertiary/aromatic N) is 5. The van der Waals surface area contributed by atoms with Crippen LogP contribution >= 0.6 is 15.4 Å². The molecule has 0 amide bonds. The summed E-state index contributed by atoms with van der Waals surface area (Å²) in [5.74, 6) is -2.98. The van der Waals surface area contributed by atoms with Crippen LogP contribution in [0, 0.1) is 0 Å². The molecule has 11 atom stereocenters. The zero-order valence-corrected chi connectivity index (χ0v) is 24.3. The van der Waals surface area contributed by atoms with Crippen LogP contribution in [0.15, 0.2) is 37.2 Å². The third-order valence-corrected chi connectivity index (χ3v) is 9.29. The highest BCUT2D eigenvalue weighted by Gasteiger charge is 2.56. The number of hydrogen-bond acceptors (Lipinski definition) is 16. The van der Waals surface area contributed by atoms with Crippen molar-refractivity contribution in [3.8, 4) is 0 Å². The summed E-state index contributed by atoms with van der Waals surface area (Å²) in [7, 11) is -11.2. The van der Waals surface area contributed by atoms with Gasteiger partial charge in [0.15, 0.2) is 47.8 Å². The van der Waals surface area contributed by atoms with Gasteiger partial charge in [0, 0.05) is 6.07 Å². The number of phosphoric ester groups is 1. The van der Waals surface area contributed by atoms with E-state index in [1.165, 1.54) is 36.0 Å². The maximum atomic E-state index is 13.4. The molecule has 0 spiro atoms. The van der Waals surface area contributed by atoms with Crippen LogP contribution in [0.3, 0.4) is 0 Å². The number of pyridine rings is 1. The summed E-state index contributed by atoms with van der Waals surface area (Å²) in [5, 5.41) is 42.5. The number of Topliss-reactive ketones (excluding diaryl/α,β-unsaturated/α-hetero) is 1. The van der Waals surface area contributed by atoms with Gasteiger partial charge in [-0.2, -0.15) is 4.57 Å². The number of fused-ring (bicyclic) bond motifs is 1. The topological polar surface area (TPSA) is 306 Å². The lowest BCUT2D eigenvalue weighted by atomic mass is 10.1. The number of aliphatic hydroxyl groups is 4. The molecule has 11 unspecified atom stereocenters. The van der Waals surface area contributed by atoms with Gasteiger partial charge in [-0.1, -0.05) is 0 Å². The van der Waals surface area contributed by atoms with Crippen molar-refractivity contribution >= 4 is 38.2 Å². The lowest BCUT2D eigenvalue weighted by Crippen LogP contribution is -2.46. The second-order valence-corrected chi connectivity index (χ2v) is 13.1. The summed E-state index contributed by atoms with van der Waals surface area (Å²) < 4.78 is 48.0. The normalized spacial score (nSPS) is 32.4. The second-order valence-electron chi connectivity index (χ2n) is 10.0. The van der Waals surface area contributed by atoms with Crippen LogP contribution < -0.4 is 15.2 Å². The molecular formula is C22H28N6O14P2. The van der Waals surface area contributed by atoms with Crippen molar-refractivity contribution < 1.29 is 72.1 Å². The number of ketones is 1. The quantitative estimate of drug-likeness (QED) is 0.0640. The number of imidazole rings is 1. The molecule has 0 bridgehead atoms. The van der Waals surface area contributed by atoms with Crippen LogP contribution in [-0.2, 0) is 27.7 Å². The number of anilines is 1. The molecule has 5 heterocycles. The van der Waals surface area contributed by atoms with E-state index in [9.17, 15) is 49.0 Å². The van der Waals surface area contributed by atoms with Gasteiger partial charge in [0.2, 0.25) is 0 Å². The molecule has 44 heavy (non-hydrogen) atoms. The molecule has 0 aromatic carbocycles. The van der Waals surface area contributed by atoms with E-state index in [1.807, 2.05) is 0 Å². The van der Waals surface area contributed by atoms with Gasteiger partial charge in [0.05, 0.1) is 18.5 Å². The summed E-state index contributed by atoms with van der Waals surface area (Å²) in [6.07, 6.45) is -8.74. The first-order valence-corrected chi connectivity index (χ1v) is 15.9. The molecule has 2 aliphatic heterocycles. The fourth-order valence-electron chi connectivity index (χ4n) is 4.88. The minimum absolute atomic E-state index is 0.0270. The number of nitrogens with two attached hydrogens (primary N) is 1. The van der Waals surface area contributed by atoms with Crippen LogP contribution in [0.25, 0.3) is 11.2 Å². The number of nitrogen functional groups attached to an aromatic ring is 1. The van der Waals surface area contributed by atoms with Gasteiger partial charge in [0.1, 0.15) is 42.4 Å². The van der Waals surface area contributed by atoms with Gasteiger partial charge in [-0.25, -0.2) is 15.0 Å². The Hall–Kier alpha value is -2.81. The monoisotopic (exact) mass is 662 g/mol. The Labute approximate surface area is 247 Å². The van der Waals surface area contributed by atoms with E-state index in [0.29, 0.717) is 0 Å². The molecule has 3 aromatic heterocycles. The lowest BCUT2D eigenvalue weighted by Gasteiger charge is -2.32. The first kappa shape index (κ1) is 32.6. The highest BCUT2D eigenvalue weighted by Crippen LogP contribution is 2.57. The molecular weight excluding hydrogens is 634 g/mol. The van der Waals surface area contributed by atoms with Crippen LogP contribution in [0.4, 0.5) is 5.82 Å². The Morgan fingerprint density at radius 2 is 1.86 bits per heavy atom. The maximum absolute atomic E-state index is 13.4. The third kappa shape index (κ3) is 6.31. The fourth-order valence-corrected chi connectivity index (χ4v) is 7.23. The van der Waals surface area contributed by atoms with E-state index in [0.717, 1.165) is 17.2 Å². The van der Waals surface area contributed by atoms with Crippen molar-refractivity contribution in [2.24, 2.45) is 0 Å². The number of rotatable bonds is 10. The van der Waals surface area contributed by atoms with Gasteiger partial charge >= 0.3 is 7.60 Å². The molecule has 5 rings (SSSR count). The van der Waals surface area contributed by atoms with E-state index in [1.54, 1.807) is 0 Å². The third-order valence-electron chi connectivity index (χ3n) is 7.06. The van der Waals surface area contributed by atoms with Gasteiger partial charge in [-0.05, 0) is 13.0 Å². The van der Waals surface area contributed by atoms with E-state index in [2.05, 4.69) is 19.5 Å². The zero-order chi connectivity index (χ0) is 32.1. The largest absolute Gasteiger partial charge is 0.756 e. The van der Waals surface area contributed by atoms with E-state index < -0.39 is 76.9 Å². The molecule has 22 heteroatoms. The number of phosphoric acid groups is 1. The van der Waals surface area contributed by atoms with Gasteiger partial charge < -0.3 is 54.8 Å². The van der Waals surface area contributed by atoms with E-state index in [4.69, 9.17) is 19.7 Å². The van der Waals surface area contributed by atoms with Crippen molar-refractivity contribution in [2.45, 2.75) is 61.8 Å². The molecule has 240 valence electrons. The van der Waals surface area contributed by atoms with Crippen LogP contribution in [0.2, 0.25) is 0 Å². The molecule has 20 nitrogen and oxygen atoms in total. The number of ether oxygens (including phenoxy) is 2. The molecule has 2 saturated heterocycles. The summed E-state index contributed by atoms with van der Waals surface area (Å²) in [5.41, 5.74) is 6.14. The number of hydrogen-bond donors (Lipinski definition) is 7.